The molecule has 0 bridgehead atoms. The summed E-state index contributed by atoms with van der Waals surface area (Å²) in [4.78, 5) is 33.3. The Kier molecular flexibility index (Phi) is 2.69. The molecule has 6 heteroatoms. The molecule has 0 aliphatic rings. The third-order valence-corrected chi connectivity index (χ3v) is 2.49. The highest BCUT2D eigenvalue weighted by molar-refractivity contribution is 6.81. The summed E-state index contributed by atoms with van der Waals surface area (Å²) >= 11 is 5.10. The van der Waals surface area contributed by atoms with E-state index >= 15 is 0 Å². The van der Waals surface area contributed by atoms with Crippen molar-refractivity contribution in [2.75, 3.05) is 0 Å². The Bertz CT molecular complexity index is 644. The van der Waals surface area contributed by atoms with E-state index < -0.39 is 17.1 Å². The molecule has 1 aromatic heterocycles. The Morgan fingerprint density at radius 1 is 1.18 bits per heavy atom. The van der Waals surface area contributed by atoms with Crippen LogP contribution < -0.4 is 0 Å². The monoisotopic (exact) mass is 251 g/mol. The van der Waals surface area contributed by atoms with Crippen LogP contribution in [0.1, 0.15) is 15.2 Å². The maximum Gasteiger partial charge on any atom is 0.337 e. The molecular weight excluding hydrogens is 246 g/mol. The van der Waals surface area contributed by atoms with Crippen LogP contribution in [0.25, 0.3) is 10.9 Å². The van der Waals surface area contributed by atoms with E-state index in [-0.39, 0.29) is 5.56 Å². The number of para-hydroxylation sites is 1. The van der Waals surface area contributed by atoms with Gasteiger partial charge in [-0.3, -0.25) is 14.2 Å². The van der Waals surface area contributed by atoms with Crippen molar-refractivity contribution in [2.45, 2.75) is 0 Å². The van der Waals surface area contributed by atoms with Crippen LogP contribution in [-0.4, -0.2) is 26.8 Å². The largest absolute Gasteiger partial charge is 0.478 e. The smallest absolute Gasteiger partial charge is 0.337 e. The van der Waals surface area contributed by atoms with Crippen LogP contribution in [0.2, 0.25) is 0 Å². The number of hydrogen-bond donors (Lipinski definition) is 1. The van der Waals surface area contributed by atoms with Crippen molar-refractivity contribution in [3.63, 3.8) is 0 Å². The molecule has 0 aliphatic carbocycles. The lowest BCUT2D eigenvalue weighted by atomic mass is 10.2. The van der Waals surface area contributed by atoms with Gasteiger partial charge in [0.05, 0.1) is 11.1 Å². The Labute approximate surface area is 100 Å². The summed E-state index contributed by atoms with van der Waals surface area (Å²) in [5.74, 6) is -2.15. The third kappa shape index (κ3) is 1.81. The number of carboxylic acids is 1. The summed E-state index contributed by atoms with van der Waals surface area (Å²) in [6.45, 7) is 0. The zero-order chi connectivity index (χ0) is 12.6. The number of carboxylic acid groups (broad SMARTS) is 1. The molecule has 0 saturated carbocycles. The molecule has 0 radical (unpaired) electrons. The Morgan fingerprint density at radius 2 is 1.82 bits per heavy atom. The number of benzene rings is 1. The van der Waals surface area contributed by atoms with Gasteiger partial charge in [-0.05, 0) is 17.7 Å². The van der Waals surface area contributed by atoms with Gasteiger partial charge in [0.15, 0.2) is 0 Å². The third-order valence-electron chi connectivity index (χ3n) is 2.33. The molecule has 1 aromatic carbocycles. The van der Waals surface area contributed by atoms with Crippen LogP contribution in [0.5, 0.6) is 0 Å². The molecule has 1 N–H and O–H groups in total. The fourth-order valence-electron chi connectivity index (χ4n) is 1.61. The fraction of sp³-hybridized carbons (Fsp3) is 0. The summed E-state index contributed by atoms with van der Waals surface area (Å²) in [6, 6.07) is 6.38. The van der Waals surface area contributed by atoms with E-state index in [1.807, 2.05) is 0 Å². The van der Waals surface area contributed by atoms with E-state index in [0.717, 1.165) is 10.8 Å². The number of halogens is 1. The van der Waals surface area contributed by atoms with E-state index in [1.165, 1.54) is 0 Å². The van der Waals surface area contributed by atoms with Crippen molar-refractivity contribution < 1.29 is 19.5 Å². The summed E-state index contributed by atoms with van der Waals surface area (Å²) < 4.78 is 0.939. The first-order valence-corrected chi connectivity index (χ1v) is 4.97. The number of carbonyl (C=O) groups is 3. The van der Waals surface area contributed by atoms with Gasteiger partial charge in [0.25, 0.3) is 0 Å². The molecule has 1 heterocycles. The van der Waals surface area contributed by atoms with E-state index in [4.69, 9.17) is 16.7 Å². The maximum absolute atomic E-state index is 11.5. The van der Waals surface area contributed by atoms with Crippen LogP contribution in [0.4, 0.5) is 0 Å². The number of nitrogens with zero attached hydrogens (tertiary/aromatic N) is 1. The molecule has 0 unspecified atom stereocenters. The van der Waals surface area contributed by atoms with E-state index in [1.54, 1.807) is 24.3 Å². The Hall–Kier alpha value is -2.14. The Balaban J connectivity index is 2.77. The molecule has 86 valence electrons. The molecule has 0 spiro atoms. The molecular formula is C11H6ClNO4. The van der Waals surface area contributed by atoms with Crippen molar-refractivity contribution >= 4 is 39.6 Å². The first-order valence-electron chi connectivity index (χ1n) is 4.60. The summed E-state index contributed by atoms with van der Waals surface area (Å²) in [7, 11) is 0. The zero-order valence-corrected chi connectivity index (χ0v) is 9.14. The van der Waals surface area contributed by atoms with Crippen molar-refractivity contribution in [1.29, 1.82) is 0 Å². The number of hydrogen-bond acceptors (Lipinski definition) is 3. The normalized spacial score (nSPS) is 10.4. The standard InChI is InChI=1S/C11H6ClNO4/c12-9(14)10(15)13-5-7(11(16)17)6-3-1-2-4-8(6)13/h1-5H,(H,16,17). The van der Waals surface area contributed by atoms with Crippen LogP contribution in [0.15, 0.2) is 30.5 Å². The molecule has 0 aliphatic heterocycles. The van der Waals surface area contributed by atoms with Gasteiger partial charge in [-0.15, -0.1) is 0 Å². The average Bonchev–Trinajstić information content (AvgIpc) is 2.67. The number of aromatic carboxylic acids is 1. The van der Waals surface area contributed by atoms with E-state index in [0.29, 0.717) is 10.9 Å². The van der Waals surface area contributed by atoms with Crippen LogP contribution >= 0.6 is 11.6 Å². The highest BCUT2D eigenvalue weighted by Crippen LogP contribution is 2.21. The second-order valence-corrected chi connectivity index (χ2v) is 3.66. The molecule has 5 nitrogen and oxygen atoms in total. The number of aromatic nitrogens is 1. The summed E-state index contributed by atoms with van der Waals surface area (Å²) in [6.07, 6.45) is 1.09. The van der Waals surface area contributed by atoms with Crippen LogP contribution in [0.3, 0.4) is 0 Å². The highest BCUT2D eigenvalue weighted by atomic mass is 35.5. The lowest BCUT2D eigenvalue weighted by molar-refractivity contribution is -0.108. The highest BCUT2D eigenvalue weighted by Gasteiger charge is 2.20. The minimum atomic E-state index is -1.17. The second-order valence-electron chi connectivity index (χ2n) is 3.31. The van der Waals surface area contributed by atoms with Gasteiger partial charge in [0, 0.05) is 11.6 Å². The molecule has 0 fully saturated rings. The predicted molar refractivity (Wildman–Crippen MR) is 60.4 cm³/mol. The van der Waals surface area contributed by atoms with Gasteiger partial charge < -0.3 is 5.11 Å². The molecule has 0 atom stereocenters. The lowest BCUT2D eigenvalue weighted by Crippen LogP contribution is -2.15. The van der Waals surface area contributed by atoms with Crippen molar-refractivity contribution in [3.05, 3.63) is 36.0 Å². The minimum Gasteiger partial charge on any atom is -0.478 e. The number of rotatable bonds is 2. The van der Waals surface area contributed by atoms with Crippen molar-refractivity contribution in [3.8, 4) is 0 Å². The van der Waals surface area contributed by atoms with E-state index in [9.17, 15) is 14.4 Å². The fourth-order valence-corrected chi connectivity index (χ4v) is 1.70. The maximum atomic E-state index is 11.5. The summed E-state index contributed by atoms with van der Waals surface area (Å²) in [5.41, 5.74) is 0.288. The second kappa shape index (κ2) is 4.03. The van der Waals surface area contributed by atoms with Gasteiger partial charge in [-0.1, -0.05) is 18.2 Å². The van der Waals surface area contributed by atoms with E-state index in [2.05, 4.69) is 0 Å². The van der Waals surface area contributed by atoms with Crippen molar-refractivity contribution in [2.24, 2.45) is 0 Å². The molecule has 0 saturated heterocycles. The number of fused-ring (bicyclic) bond motifs is 1. The Morgan fingerprint density at radius 3 is 2.41 bits per heavy atom. The van der Waals surface area contributed by atoms with Crippen molar-refractivity contribution in [1.82, 2.24) is 4.57 Å². The SMILES string of the molecule is O=C(Cl)C(=O)n1cc(C(=O)O)c2ccccc21. The topological polar surface area (TPSA) is 76.4 Å². The molecule has 2 aromatic rings. The molecule has 0 amide bonds. The average molecular weight is 252 g/mol. The lowest BCUT2D eigenvalue weighted by Gasteiger charge is -1.98. The predicted octanol–water partition coefficient (Wildman–Crippen LogP) is 1.75. The van der Waals surface area contributed by atoms with Gasteiger partial charge in [-0.25, -0.2) is 4.79 Å². The number of carbonyl (C=O) groups excluding carboxylic acids is 2. The molecule has 2 rings (SSSR count). The zero-order valence-electron chi connectivity index (χ0n) is 8.38. The molecule has 17 heavy (non-hydrogen) atoms. The minimum absolute atomic E-state index is 0.0492. The van der Waals surface area contributed by atoms with Gasteiger partial charge >= 0.3 is 17.1 Å². The quantitative estimate of drug-likeness (QED) is 0.652. The van der Waals surface area contributed by atoms with Gasteiger partial charge in [0.2, 0.25) is 0 Å². The first kappa shape index (κ1) is 11.3. The van der Waals surface area contributed by atoms with Gasteiger partial charge in [0.1, 0.15) is 0 Å². The first-order chi connectivity index (χ1) is 8.02. The van der Waals surface area contributed by atoms with Crippen LogP contribution in [0, 0.1) is 0 Å². The summed E-state index contributed by atoms with van der Waals surface area (Å²) in [5, 5.41) is 8.19. The van der Waals surface area contributed by atoms with Crippen LogP contribution in [-0.2, 0) is 4.79 Å². The van der Waals surface area contributed by atoms with Gasteiger partial charge in [-0.2, -0.15) is 0 Å².